The Kier molecular flexibility index (Phi) is 6.14. The van der Waals surface area contributed by atoms with Crippen molar-refractivity contribution in [1.82, 2.24) is 19.3 Å². The highest BCUT2D eigenvalue weighted by atomic mass is 32.2. The molecule has 1 aliphatic rings. The number of carbonyl (C=O) groups excluding carboxylic acids is 1. The van der Waals surface area contributed by atoms with Gasteiger partial charge in [-0.3, -0.25) is 4.79 Å². The first-order valence-corrected chi connectivity index (χ1v) is 11.0. The third-order valence-electron chi connectivity index (χ3n) is 5.09. The molecule has 2 heterocycles. The van der Waals surface area contributed by atoms with Crippen LogP contribution in [0.2, 0.25) is 0 Å². The lowest BCUT2D eigenvalue weighted by Crippen LogP contribution is -2.43. The van der Waals surface area contributed by atoms with Crippen LogP contribution in [-0.2, 0) is 21.4 Å². The van der Waals surface area contributed by atoms with E-state index in [1.165, 1.54) is 4.31 Å². The number of benzene rings is 1. The van der Waals surface area contributed by atoms with Gasteiger partial charge in [-0.2, -0.15) is 4.98 Å². The molecule has 1 aliphatic heterocycles. The Labute approximate surface area is 165 Å². The normalized spacial score (nSPS) is 16.2. The fourth-order valence-corrected chi connectivity index (χ4v) is 4.43. The monoisotopic (exact) mass is 406 g/mol. The van der Waals surface area contributed by atoms with E-state index >= 15 is 0 Å². The van der Waals surface area contributed by atoms with Crippen LogP contribution in [0.5, 0.6) is 0 Å². The van der Waals surface area contributed by atoms with Crippen LogP contribution in [0.3, 0.4) is 0 Å². The van der Waals surface area contributed by atoms with Crippen LogP contribution in [0.1, 0.15) is 31.2 Å². The van der Waals surface area contributed by atoms with E-state index < -0.39 is 10.0 Å². The summed E-state index contributed by atoms with van der Waals surface area (Å²) in [6.45, 7) is 4.64. The van der Waals surface area contributed by atoms with Crippen molar-refractivity contribution < 1.29 is 17.7 Å². The summed E-state index contributed by atoms with van der Waals surface area (Å²) in [4.78, 5) is 18.7. The minimum Gasteiger partial charge on any atom is -0.337 e. The fourth-order valence-electron chi connectivity index (χ4n) is 3.29. The van der Waals surface area contributed by atoms with Gasteiger partial charge in [0.25, 0.3) is 0 Å². The summed E-state index contributed by atoms with van der Waals surface area (Å²) in [5.74, 6) is 0.745. The van der Waals surface area contributed by atoms with Gasteiger partial charge < -0.3 is 9.42 Å². The number of hydrogen-bond acceptors (Lipinski definition) is 6. The average molecular weight is 407 g/mol. The zero-order chi connectivity index (χ0) is 20.3. The van der Waals surface area contributed by atoms with Crippen molar-refractivity contribution in [2.75, 3.05) is 25.9 Å². The van der Waals surface area contributed by atoms with Gasteiger partial charge in [-0.05, 0) is 26.7 Å². The maximum absolute atomic E-state index is 12.7. The fraction of sp³-hybridized carbons (Fsp3) is 0.526. The molecule has 0 aliphatic carbocycles. The van der Waals surface area contributed by atoms with Gasteiger partial charge in [-0.1, -0.05) is 35.0 Å². The molecule has 0 radical (unpaired) electrons. The zero-order valence-electron chi connectivity index (χ0n) is 16.5. The second-order valence-electron chi connectivity index (χ2n) is 7.15. The Morgan fingerprint density at radius 1 is 1.25 bits per heavy atom. The minimum absolute atomic E-state index is 0.0244. The van der Waals surface area contributed by atoms with Crippen LogP contribution in [0.15, 0.2) is 28.8 Å². The minimum atomic E-state index is -3.19. The predicted molar refractivity (Wildman–Crippen MR) is 105 cm³/mol. The molecule has 2 aromatic rings. The molecule has 0 saturated carbocycles. The molecule has 8 nitrogen and oxygen atoms in total. The van der Waals surface area contributed by atoms with Gasteiger partial charge in [0.1, 0.15) is 0 Å². The molecule has 1 fully saturated rings. The van der Waals surface area contributed by atoms with E-state index in [0.29, 0.717) is 37.6 Å². The summed E-state index contributed by atoms with van der Waals surface area (Å²) < 4.78 is 30.7. The third-order valence-corrected chi connectivity index (χ3v) is 6.97. The first kappa shape index (κ1) is 20.5. The van der Waals surface area contributed by atoms with Crippen molar-refractivity contribution >= 4 is 15.9 Å². The van der Waals surface area contributed by atoms with E-state index in [9.17, 15) is 13.2 Å². The standard InChI is InChI=1S/C19H26N4O4S/c1-4-28(25,26)23-11-9-16(10-12-23)19(24)22(3)13-17-20-18(21-27-17)15-7-5-14(2)6-8-15/h5-8,16H,4,9-13H2,1-3H3. The lowest BCUT2D eigenvalue weighted by Gasteiger charge is -2.32. The summed E-state index contributed by atoms with van der Waals surface area (Å²) in [5.41, 5.74) is 2.01. The number of rotatable bonds is 6. The smallest absolute Gasteiger partial charge is 0.246 e. The van der Waals surface area contributed by atoms with Crippen LogP contribution in [0.4, 0.5) is 0 Å². The number of aryl methyl sites for hydroxylation is 1. The summed E-state index contributed by atoms with van der Waals surface area (Å²) in [6, 6.07) is 7.81. The van der Waals surface area contributed by atoms with Crippen molar-refractivity contribution in [2.24, 2.45) is 5.92 Å². The number of sulfonamides is 1. The third kappa shape index (κ3) is 4.59. The molecule has 1 amide bonds. The van der Waals surface area contributed by atoms with Crippen LogP contribution in [0.25, 0.3) is 11.4 Å². The molecule has 0 spiro atoms. The Bertz CT molecular complexity index is 916. The molecule has 1 saturated heterocycles. The number of carbonyl (C=O) groups is 1. The van der Waals surface area contributed by atoms with Gasteiger partial charge in [-0.15, -0.1) is 0 Å². The summed E-state index contributed by atoms with van der Waals surface area (Å²) in [5, 5.41) is 3.99. The average Bonchev–Trinajstić information content (AvgIpc) is 3.16. The van der Waals surface area contributed by atoms with Gasteiger partial charge in [0.15, 0.2) is 0 Å². The van der Waals surface area contributed by atoms with E-state index in [1.807, 2.05) is 31.2 Å². The molecule has 9 heteroatoms. The predicted octanol–water partition coefficient (Wildman–Crippen LogP) is 2.07. The highest BCUT2D eigenvalue weighted by molar-refractivity contribution is 7.89. The van der Waals surface area contributed by atoms with Crippen molar-refractivity contribution in [2.45, 2.75) is 33.2 Å². The van der Waals surface area contributed by atoms with Gasteiger partial charge >= 0.3 is 0 Å². The highest BCUT2D eigenvalue weighted by Gasteiger charge is 2.31. The first-order valence-electron chi connectivity index (χ1n) is 9.42. The molecule has 28 heavy (non-hydrogen) atoms. The lowest BCUT2D eigenvalue weighted by atomic mass is 9.97. The molecule has 0 atom stereocenters. The van der Waals surface area contributed by atoms with Gasteiger partial charge in [0, 0.05) is 31.6 Å². The number of amides is 1. The lowest BCUT2D eigenvalue weighted by molar-refractivity contribution is -0.136. The Balaban J connectivity index is 1.57. The van der Waals surface area contributed by atoms with Crippen LogP contribution in [-0.4, -0.2) is 59.6 Å². The Hall–Kier alpha value is -2.26. The van der Waals surface area contributed by atoms with E-state index in [1.54, 1.807) is 18.9 Å². The Morgan fingerprint density at radius 2 is 1.89 bits per heavy atom. The molecular weight excluding hydrogens is 380 g/mol. The maximum atomic E-state index is 12.7. The molecular formula is C19H26N4O4S. The molecule has 152 valence electrons. The van der Waals surface area contributed by atoms with Crippen molar-refractivity contribution in [3.8, 4) is 11.4 Å². The topological polar surface area (TPSA) is 96.6 Å². The largest absolute Gasteiger partial charge is 0.337 e. The van der Waals surface area contributed by atoms with Crippen molar-refractivity contribution in [1.29, 1.82) is 0 Å². The van der Waals surface area contributed by atoms with Crippen LogP contribution < -0.4 is 0 Å². The van der Waals surface area contributed by atoms with Gasteiger partial charge in [-0.25, -0.2) is 12.7 Å². The second kappa shape index (κ2) is 8.40. The summed E-state index contributed by atoms with van der Waals surface area (Å²) in [7, 11) is -1.49. The van der Waals surface area contributed by atoms with E-state index in [0.717, 1.165) is 11.1 Å². The van der Waals surface area contributed by atoms with Gasteiger partial charge in [0.05, 0.1) is 12.3 Å². The number of piperidine rings is 1. The SMILES string of the molecule is CCS(=O)(=O)N1CCC(C(=O)N(C)Cc2nc(-c3ccc(C)cc3)no2)CC1. The number of hydrogen-bond donors (Lipinski definition) is 0. The van der Waals surface area contributed by atoms with Crippen molar-refractivity contribution in [3.05, 3.63) is 35.7 Å². The van der Waals surface area contributed by atoms with Crippen LogP contribution >= 0.6 is 0 Å². The van der Waals surface area contributed by atoms with Crippen molar-refractivity contribution in [3.63, 3.8) is 0 Å². The van der Waals surface area contributed by atoms with E-state index in [4.69, 9.17) is 4.52 Å². The Morgan fingerprint density at radius 3 is 2.50 bits per heavy atom. The second-order valence-corrected chi connectivity index (χ2v) is 9.40. The number of aromatic nitrogens is 2. The quantitative estimate of drug-likeness (QED) is 0.729. The summed E-state index contributed by atoms with van der Waals surface area (Å²) >= 11 is 0. The number of nitrogens with zero attached hydrogens (tertiary/aromatic N) is 4. The molecule has 0 unspecified atom stereocenters. The highest BCUT2D eigenvalue weighted by Crippen LogP contribution is 2.23. The zero-order valence-corrected chi connectivity index (χ0v) is 17.3. The maximum Gasteiger partial charge on any atom is 0.246 e. The van der Waals surface area contributed by atoms with Crippen LogP contribution in [0, 0.1) is 12.8 Å². The molecule has 0 N–H and O–H groups in total. The molecule has 1 aromatic heterocycles. The summed E-state index contributed by atoms with van der Waals surface area (Å²) in [6.07, 6.45) is 1.06. The molecule has 1 aromatic carbocycles. The van der Waals surface area contributed by atoms with E-state index in [-0.39, 0.29) is 24.1 Å². The van der Waals surface area contributed by atoms with E-state index in [2.05, 4.69) is 10.1 Å². The first-order chi connectivity index (χ1) is 13.3. The van der Waals surface area contributed by atoms with Gasteiger partial charge in [0.2, 0.25) is 27.6 Å². The molecule has 0 bridgehead atoms. The molecule has 3 rings (SSSR count).